The van der Waals surface area contributed by atoms with Crippen molar-refractivity contribution in [1.29, 1.82) is 0 Å². The molecule has 3 aromatic rings. The summed E-state index contributed by atoms with van der Waals surface area (Å²) in [5.74, 6) is -1.97. The second-order valence-electron chi connectivity index (χ2n) is 9.43. The van der Waals surface area contributed by atoms with E-state index in [2.05, 4.69) is 5.32 Å². The number of primary amides is 1. The van der Waals surface area contributed by atoms with Gasteiger partial charge in [0.25, 0.3) is 11.6 Å². The molecule has 2 aliphatic heterocycles. The molecular formula is C29H28N4O7S2. The highest BCUT2D eigenvalue weighted by Crippen LogP contribution is 2.47. The van der Waals surface area contributed by atoms with Crippen LogP contribution in [0.1, 0.15) is 28.1 Å². The summed E-state index contributed by atoms with van der Waals surface area (Å²) in [6.45, 7) is -0.333. The summed E-state index contributed by atoms with van der Waals surface area (Å²) in [4.78, 5) is 54.0. The number of carbonyl (C=O) groups is 4. The lowest BCUT2D eigenvalue weighted by Crippen LogP contribution is -2.81. The topological polar surface area (TPSA) is 163 Å². The molecule has 0 bridgehead atoms. The number of β-lactam (4-membered cyclic amide) rings is 1. The predicted molar refractivity (Wildman–Crippen MR) is 156 cm³/mol. The number of methoxy groups -OCH3 is 1. The molecule has 218 valence electrons. The van der Waals surface area contributed by atoms with Gasteiger partial charge in [-0.15, -0.1) is 23.1 Å². The predicted octanol–water partition coefficient (Wildman–Crippen LogP) is 2.80. The minimum absolute atomic E-state index is 0.105. The standard InChI is InChI=1S/C29H28N4O7S2/c1-38-29(32-24(34)21(30)20-13-8-14-41-20)26(36)33-22(19(15-39-28(31)37)16-42-27(29)33)25(35)40-23(17-9-4-2-5-10-17)18-11-6-3-7-12-18/h2-14,21,23,27H,15-16,30H2,1H3,(H2,31,37)(H,32,34)/t21?,27-,29-/m0/s1. The number of hydrogen-bond acceptors (Lipinski definition) is 10. The van der Waals surface area contributed by atoms with Crippen LogP contribution in [0.25, 0.3) is 0 Å². The lowest BCUT2D eigenvalue weighted by Gasteiger charge is -2.56. The van der Waals surface area contributed by atoms with Gasteiger partial charge in [-0.1, -0.05) is 66.7 Å². The maximum atomic E-state index is 13.9. The van der Waals surface area contributed by atoms with E-state index in [1.165, 1.54) is 35.1 Å². The second-order valence-corrected chi connectivity index (χ2v) is 11.5. The van der Waals surface area contributed by atoms with E-state index in [1.54, 1.807) is 17.5 Å². The molecule has 5 rings (SSSR count). The number of nitrogens with one attached hydrogen (secondary N) is 1. The number of amides is 3. The SMILES string of the molecule is CO[C@@]1(NC(=O)C(N)c2cccs2)C(=O)N2C(C(=O)OC(c3ccccc3)c3ccccc3)=C(COC(N)=O)CS[C@H]21. The van der Waals surface area contributed by atoms with E-state index in [4.69, 9.17) is 25.7 Å². The Hall–Kier alpha value is -4.17. The van der Waals surface area contributed by atoms with Crippen molar-refractivity contribution in [3.63, 3.8) is 0 Å². The lowest BCUT2D eigenvalue weighted by molar-refractivity contribution is -0.193. The van der Waals surface area contributed by atoms with Crippen LogP contribution in [0.15, 0.2) is 89.4 Å². The van der Waals surface area contributed by atoms with Gasteiger partial charge in [-0.25, -0.2) is 9.59 Å². The number of rotatable bonds is 10. The molecular weight excluding hydrogens is 580 g/mol. The fourth-order valence-corrected chi connectivity index (χ4v) is 6.95. The molecule has 3 atom stereocenters. The highest BCUT2D eigenvalue weighted by atomic mass is 32.2. The van der Waals surface area contributed by atoms with Crippen molar-refractivity contribution >= 4 is 47.0 Å². The number of nitrogens with zero attached hydrogens (tertiary/aromatic N) is 1. The van der Waals surface area contributed by atoms with Crippen LogP contribution in [-0.4, -0.2) is 59.3 Å². The molecule has 3 heterocycles. The van der Waals surface area contributed by atoms with E-state index < -0.39 is 47.1 Å². The zero-order valence-corrected chi connectivity index (χ0v) is 24.1. The first kappa shape index (κ1) is 29.3. The number of fused-ring (bicyclic) bond motifs is 1. The van der Waals surface area contributed by atoms with Crippen LogP contribution >= 0.6 is 23.1 Å². The normalized spacial score (nSPS) is 20.4. The van der Waals surface area contributed by atoms with Crippen LogP contribution < -0.4 is 16.8 Å². The van der Waals surface area contributed by atoms with E-state index in [1.807, 2.05) is 60.7 Å². The Morgan fingerprint density at radius 2 is 1.69 bits per heavy atom. The number of benzene rings is 2. The molecule has 1 unspecified atom stereocenters. The van der Waals surface area contributed by atoms with Crippen LogP contribution in [0.4, 0.5) is 4.79 Å². The van der Waals surface area contributed by atoms with Gasteiger partial charge in [-0.2, -0.15) is 0 Å². The Morgan fingerprint density at radius 1 is 1.05 bits per heavy atom. The summed E-state index contributed by atoms with van der Waals surface area (Å²) < 4.78 is 16.7. The van der Waals surface area contributed by atoms with Crippen molar-refractivity contribution in [1.82, 2.24) is 10.2 Å². The lowest BCUT2D eigenvalue weighted by atomic mass is 9.97. The van der Waals surface area contributed by atoms with E-state index >= 15 is 0 Å². The van der Waals surface area contributed by atoms with Gasteiger partial charge < -0.3 is 31.0 Å². The van der Waals surface area contributed by atoms with Gasteiger partial charge in [-0.3, -0.25) is 14.5 Å². The third-order valence-electron chi connectivity index (χ3n) is 6.88. The van der Waals surface area contributed by atoms with E-state index in [9.17, 15) is 19.2 Å². The van der Waals surface area contributed by atoms with Crippen LogP contribution in [0.2, 0.25) is 0 Å². The first-order valence-corrected chi connectivity index (χ1v) is 14.8. The summed E-state index contributed by atoms with van der Waals surface area (Å²) in [6.07, 6.45) is -1.84. The van der Waals surface area contributed by atoms with Crippen LogP contribution in [-0.2, 0) is 28.6 Å². The summed E-state index contributed by atoms with van der Waals surface area (Å²) in [5, 5.41) is 3.62. The monoisotopic (exact) mass is 608 g/mol. The zero-order valence-electron chi connectivity index (χ0n) is 22.4. The Balaban J connectivity index is 1.46. The Morgan fingerprint density at radius 3 is 2.24 bits per heavy atom. The maximum absolute atomic E-state index is 13.9. The largest absolute Gasteiger partial charge is 0.448 e. The number of hydrogen-bond donors (Lipinski definition) is 3. The minimum Gasteiger partial charge on any atom is -0.448 e. The van der Waals surface area contributed by atoms with Crippen LogP contribution in [0.5, 0.6) is 0 Å². The molecule has 0 saturated carbocycles. The molecule has 1 saturated heterocycles. The summed E-state index contributed by atoms with van der Waals surface area (Å²) in [6, 6.07) is 20.8. The third kappa shape index (κ3) is 5.51. The van der Waals surface area contributed by atoms with Gasteiger partial charge in [0, 0.05) is 23.3 Å². The first-order valence-electron chi connectivity index (χ1n) is 12.8. The van der Waals surface area contributed by atoms with Crippen molar-refractivity contribution < 1.29 is 33.4 Å². The van der Waals surface area contributed by atoms with Crippen molar-refractivity contribution in [2.45, 2.75) is 23.2 Å². The Kier molecular flexibility index (Phi) is 8.64. The van der Waals surface area contributed by atoms with E-state index in [-0.39, 0.29) is 18.1 Å². The number of thiophene rings is 1. The Labute approximate surface area is 249 Å². The number of nitrogens with two attached hydrogens (primary N) is 2. The molecule has 2 aromatic carbocycles. The molecule has 0 spiro atoms. The first-order chi connectivity index (χ1) is 20.3. The zero-order chi connectivity index (χ0) is 29.9. The van der Waals surface area contributed by atoms with Gasteiger partial charge >= 0.3 is 12.1 Å². The average molecular weight is 609 g/mol. The van der Waals surface area contributed by atoms with Crippen molar-refractivity contribution in [2.75, 3.05) is 19.5 Å². The molecule has 5 N–H and O–H groups in total. The number of esters is 1. The highest BCUT2D eigenvalue weighted by Gasteiger charge is 2.67. The molecule has 2 aliphatic rings. The molecule has 0 radical (unpaired) electrons. The van der Waals surface area contributed by atoms with Gasteiger partial charge in [0.05, 0.1) is 0 Å². The second kappa shape index (κ2) is 12.4. The number of carbonyl (C=O) groups excluding carboxylic acids is 4. The fraction of sp³-hybridized carbons (Fsp3) is 0.241. The van der Waals surface area contributed by atoms with Gasteiger partial charge in [-0.05, 0) is 22.6 Å². The summed E-state index contributed by atoms with van der Waals surface area (Å²) >= 11 is 2.53. The van der Waals surface area contributed by atoms with E-state index in [0.29, 0.717) is 21.6 Å². The van der Waals surface area contributed by atoms with Crippen LogP contribution in [0.3, 0.4) is 0 Å². The number of ether oxygens (including phenoxy) is 3. The molecule has 3 amide bonds. The fourth-order valence-electron chi connectivity index (χ4n) is 4.81. The van der Waals surface area contributed by atoms with Crippen molar-refractivity contribution in [2.24, 2.45) is 11.5 Å². The highest BCUT2D eigenvalue weighted by molar-refractivity contribution is 8.00. The molecule has 42 heavy (non-hydrogen) atoms. The smallest absolute Gasteiger partial charge is 0.404 e. The van der Waals surface area contributed by atoms with Gasteiger partial charge in [0.1, 0.15) is 23.7 Å². The number of thioether (sulfide) groups is 1. The van der Waals surface area contributed by atoms with E-state index in [0.717, 1.165) is 0 Å². The Bertz CT molecular complexity index is 1460. The quantitative estimate of drug-likeness (QED) is 0.178. The van der Waals surface area contributed by atoms with Crippen molar-refractivity contribution in [3.05, 3.63) is 105 Å². The van der Waals surface area contributed by atoms with Crippen LogP contribution in [0, 0.1) is 0 Å². The maximum Gasteiger partial charge on any atom is 0.404 e. The summed E-state index contributed by atoms with van der Waals surface area (Å²) in [5.41, 5.74) is 11.2. The molecule has 0 aliphatic carbocycles. The third-order valence-corrected chi connectivity index (χ3v) is 9.21. The molecule has 11 nitrogen and oxygen atoms in total. The van der Waals surface area contributed by atoms with Gasteiger partial charge in [0.2, 0.25) is 5.91 Å². The molecule has 13 heteroatoms. The average Bonchev–Trinajstić information content (AvgIpc) is 3.56. The minimum atomic E-state index is -1.78. The molecule has 1 fully saturated rings. The molecule has 1 aromatic heterocycles. The van der Waals surface area contributed by atoms with Crippen molar-refractivity contribution in [3.8, 4) is 0 Å². The summed E-state index contributed by atoms with van der Waals surface area (Å²) in [7, 11) is 1.29. The van der Waals surface area contributed by atoms with Gasteiger partial charge in [0.15, 0.2) is 6.10 Å².